The summed E-state index contributed by atoms with van der Waals surface area (Å²) in [5.74, 6) is 0.305. The molecule has 4 heteroatoms. The quantitative estimate of drug-likeness (QED) is 0.850. The zero-order valence-corrected chi connectivity index (χ0v) is 10.8. The van der Waals surface area contributed by atoms with Gasteiger partial charge in [0, 0.05) is 25.3 Å². The lowest BCUT2D eigenvalue weighted by molar-refractivity contribution is 0.471. The van der Waals surface area contributed by atoms with Crippen molar-refractivity contribution < 1.29 is 5.11 Å². The molecule has 1 atom stereocenters. The van der Waals surface area contributed by atoms with Crippen LogP contribution in [0.4, 0.5) is 0 Å². The van der Waals surface area contributed by atoms with Crippen LogP contribution < -0.4 is 5.32 Å². The summed E-state index contributed by atoms with van der Waals surface area (Å²) in [4.78, 5) is 0. The van der Waals surface area contributed by atoms with Gasteiger partial charge in [-0.2, -0.15) is 5.10 Å². The molecule has 1 unspecified atom stereocenters. The van der Waals surface area contributed by atoms with Gasteiger partial charge in [-0.15, -0.1) is 0 Å². The molecule has 0 spiro atoms. The summed E-state index contributed by atoms with van der Waals surface area (Å²) in [5, 5.41) is 17.1. The maximum atomic E-state index is 9.45. The molecule has 2 aromatic rings. The van der Waals surface area contributed by atoms with Gasteiger partial charge >= 0.3 is 0 Å². The third kappa shape index (κ3) is 2.90. The van der Waals surface area contributed by atoms with E-state index in [9.17, 15) is 5.11 Å². The number of aryl methyl sites for hydroxylation is 1. The molecule has 0 aliphatic heterocycles. The van der Waals surface area contributed by atoms with E-state index in [-0.39, 0.29) is 6.04 Å². The number of hydrogen-bond acceptors (Lipinski definition) is 3. The van der Waals surface area contributed by atoms with Crippen LogP contribution in [0.25, 0.3) is 0 Å². The minimum absolute atomic E-state index is 0.192. The number of hydrogen-bond donors (Lipinski definition) is 2. The molecule has 2 N–H and O–H groups in total. The summed E-state index contributed by atoms with van der Waals surface area (Å²) < 4.78 is 1.97. The Morgan fingerprint density at radius 3 is 2.94 bits per heavy atom. The first-order valence-electron chi connectivity index (χ1n) is 6.23. The van der Waals surface area contributed by atoms with Crippen LogP contribution in [-0.4, -0.2) is 14.9 Å². The molecule has 2 rings (SSSR count). The molecule has 4 nitrogen and oxygen atoms in total. The van der Waals surface area contributed by atoms with E-state index in [1.807, 2.05) is 29.1 Å². The fraction of sp³-hybridized carbons (Fsp3) is 0.357. The van der Waals surface area contributed by atoms with Crippen LogP contribution in [0.3, 0.4) is 0 Å². The average Bonchev–Trinajstić information content (AvgIpc) is 2.83. The third-order valence-corrected chi connectivity index (χ3v) is 3.06. The molecule has 18 heavy (non-hydrogen) atoms. The molecule has 1 heterocycles. The number of phenolic OH excluding ortho intramolecular Hbond substituents is 1. The van der Waals surface area contributed by atoms with E-state index in [1.54, 1.807) is 12.1 Å². The first-order chi connectivity index (χ1) is 8.70. The van der Waals surface area contributed by atoms with E-state index < -0.39 is 0 Å². The molecule has 0 bridgehead atoms. The van der Waals surface area contributed by atoms with Crippen LogP contribution in [0.5, 0.6) is 5.75 Å². The molecule has 0 aliphatic carbocycles. The van der Waals surface area contributed by atoms with Crippen LogP contribution >= 0.6 is 0 Å². The standard InChI is InChI=1S/C14H19N3O/c1-3-17-13(7-8-16-17)10-15-11(2)12-5-4-6-14(18)9-12/h4-9,11,15,18H,3,10H2,1-2H3. The Bertz CT molecular complexity index is 507. The van der Waals surface area contributed by atoms with Crippen molar-refractivity contribution in [3.8, 4) is 5.75 Å². The first kappa shape index (κ1) is 12.6. The van der Waals surface area contributed by atoms with Gasteiger partial charge in [0.25, 0.3) is 0 Å². The number of benzene rings is 1. The number of nitrogens with one attached hydrogen (secondary N) is 1. The lowest BCUT2D eigenvalue weighted by Gasteiger charge is -2.15. The molecule has 0 saturated heterocycles. The van der Waals surface area contributed by atoms with E-state index in [0.29, 0.717) is 5.75 Å². The first-order valence-corrected chi connectivity index (χ1v) is 6.23. The highest BCUT2D eigenvalue weighted by Gasteiger charge is 2.07. The number of nitrogens with zero attached hydrogens (tertiary/aromatic N) is 2. The Morgan fingerprint density at radius 1 is 1.39 bits per heavy atom. The van der Waals surface area contributed by atoms with Gasteiger partial charge in [0.1, 0.15) is 5.75 Å². The van der Waals surface area contributed by atoms with Crippen molar-refractivity contribution in [1.82, 2.24) is 15.1 Å². The smallest absolute Gasteiger partial charge is 0.115 e. The van der Waals surface area contributed by atoms with Crippen LogP contribution in [0.1, 0.15) is 31.1 Å². The van der Waals surface area contributed by atoms with E-state index in [2.05, 4.69) is 24.3 Å². The number of phenols is 1. The average molecular weight is 245 g/mol. The molecular weight excluding hydrogens is 226 g/mol. The third-order valence-electron chi connectivity index (χ3n) is 3.06. The maximum Gasteiger partial charge on any atom is 0.115 e. The van der Waals surface area contributed by atoms with Crippen molar-refractivity contribution >= 4 is 0 Å². The molecule has 0 fully saturated rings. The second-order valence-electron chi connectivity index (χ2n) is 4.34. The van der Waals surface area contributed by atoms with Crippen molar-refractivity contribution in [3.05, 3.63) is 47.8 Å². The number of aromatic hydroxyl groups is 1. The van der Waals surface area contributed by atoms with Gasteiger partial charge in [0.05, 0.1) is 5.69 Å². The summed E-state index contributed by atoms with van der Waals surface area (Å²) >= 11 is 0. The van der Waals surface area contributed by atoms with Crippen molar-refractivity contribution in [2.45, 2.75) is 33.0 Å². The molecule has 1 aromatic carbocycles. The molecule has 0 saturated carbocycles. The highest BCUT2D eigenvalue weighted by atomic mass is 16.3. The van der Waals surface area contributed by atoms with Crippen molar-refractivity contribution in [2.24, 2.45) is 0 Å². The Labute approximate surface area is 107 Å². The van der Waals surface area contributed by atoms with Gasteiger partial charge in [-0.3, -0.25) is 4.68 Å². The van der Waals surface area contributed by atoms with Crippen LogP contribution in [0, 0.1) is 0 Å². The van der Waals surface area contributed by atoms with Gasteiger partial charge in [-0.1, -0.05) is 12.1 Å². The van der Waals surface area contributed by atoms with Crippen molar-refractivity contribution in [3.63, 3.8) is 0 Å². The van der Waals surface area contributed by atoms with Crippen LogP contribution in [-0.2, 0) is 13.1 Å². The van der Waals surface area contributed by atoms with Crippen molar-refractivity contribution in [1.29, 1.82) is 0 Å². The molecule has 96 valence electrons. The molecule has 0 radical (unpaired) electrons. The van der Waals surface area contributed by atoms with Crippen molar-refractivity contribution in [2.75, 3.05) is 0 Å². The summed E-state index contributed by atoms with van der Waals surface area (Å²) in [7, 11) is 0. The van der Waals surface area contributed by atoms with Crippen LogP contribution in [0.2, 0.25) is 0 Å². The molecular formula is C14H19N3O. The largest absolute Gasteiger partial charge is 0.508 e. The van der Waals surface area contributed by atoms with Gasteiger partial charge in [0.15, 0.2) is 0 Å². The van der Waals surface area contributed by atoms with Gasteiger partial charge < -0.3 is 10.4 Å². The predicted octanol–water partition coefficient (Wildman–Crippen LogP) is 2.46. The topological polar surface area (TPSA) is 50.1 Å². The summed E-state index contributed by atoms with van der Waals surface area (Å²) in [6, 6.07) is 9.55. The lowest BCUT2D eigenvalue weighted by Crippen LogP contribution is -2.20. The normalized spacial score (nSPS) is 12.6. The van der Waals surface area contributed by atoms with Gasteiger partial charge in [-0.05, 0) is 37.6 Å². The SMILES string of the molecule is CCn1nccc1CNC(C)c1cccc(O)c1. The van der Waals surface area contributed by atoms with Gasteiger partial charge in [-0.25, -0.2) is 0 Å². The molecule has 0 aliphatic rings. The van der Waals surface area contributed by atoms with E-state index >= 15 is 0 Å². The summed E-state index contributed by atoms with van der Waals surface area (Å²) in [6.07, 6.45) is 1.82. The monoisotopic (exact) mass is 245 g/mol. The summed E-state index contributed by atoms with van der Waals surface area (Å²) in [5.41, 5.74) is 2.25. The van der Waals surface area contributed by atoms with E-state index in [4.69, 9.17) is 0 Å². The molecule has 1 aromatic heterocycles. The number of aromatic nitrogens is 2. The fourth-order valence-corrected chi connectivity index (χ4v) is 1.96. The van der Waals surface area contributed by atoms with Gasteiger partial charge in [0.2, 0.25) is 0 Å². The second kappa shape index (κ2) is 5.69. The Morgan fingerprint density at radius 2 is 2.22 bits per heavy atom. The highest BCUT2D eigenvalue weighted by Crippen LogP contribution is 2.18. The Balaban J connectivity index is 1.98. The van der Waals surface area contributed by atoms with Crippen LogP contribution in [0.15, 0.2) is 36.5 Å². The minimum Gasteiger partial charge on any atom is -0.508 e. The highest BCUT2D eigenvalue weighted by molar-refractivity contribution is 5.29. The fourth-order valence-electron chi connectivity index (χ4n) is 1.96. The Hall–Kier alpha value is -1.81. The zero-order valence-electron chi connectivity index (χ0n) is 10.8. The number of rotatable bonds is 5. The summed E-state index contributed by atoms with van der Waals surface area (Å²) in [6.45, 7) is 5.81. The maximum absolute atomic E-state index is 9.45. The van der Waals surface area contributed by atoms with E-state index in [1.165, 1.54) is 5.69 Å². The minimum atomic E-state index is 0.192. The second-order valence-corrected chi connectivity index (χ2v) is 4.34. The zero-order chi connectivity index (χ0) is 13.0. The lowest BCUT2D eigenvalue weighted by atomic mass is 10.1. The predicted molar refractivity (Wildman–Crippen MR) is 71.3 cm³/mol. The molecule has 0 amide bonds. The van der Waals surface area contributed by atoms with E-state index in [0.717, 1.165) is 18.7 Å². The Kier molecular flexibility index (Phi) is 3.99.